The molecule has 5 heteroatoms. The largest absolute Gasteiger partial charge is 0.395 e. The Hall–Kier alpha value is -0.260. The number of nitrogens with one attached hydrogen (secondary N) is 2. The highest BCUT2D eigenvalue weighted by atomic mass is 32.2. The normalized spacial score (nSPS) is 24.8. The summed E-state index contributed by atoms with van der Waals surface area (Å²) in [5.41, 5.74) is 0. The summed E-state index contributed by atoms with van der Waals surface area (Å²) in [6.07, 6.45) is 6.35. The summed E-state index contributed by atoms with van der Waals surface area (Å²) in [5, 5.41) is 15.5. The molecule has 17 heavy (non-hydrogen) atoms. The van der Waals surface area contributed by atoms with Gasteiger partial charge in [-0.15, -0.1) is 0 Å². The molecule has 3 N–H and O–H groups in total. The van der Waals surface area contributed by atoms with Crippen LogP contribution in [0.1, 0.15) is 32.6 Å². The summed E-state index contributed by atoms with van der Waals surface area (Å²) in [4.78, 5) is 12.0. The number of carbonyl (C=O) groups is 1. The Bertz CT molecular complexity index is 227. The molecule has 0 aromatic heterocycles. The fourth-order valence-electron chi connectivity index (χ4n) is 2.11. The summed E-state index contributed by atoms with van der Waals surface area (Å²) >= 11 is 1.59. The summed E-state index contributed by atoms with van der Waals surface area (Å²) in [6.45, 7) is 2.98. The Morgan fingerprint density at radius 3 is 2.94 bits per heavy atom. The van der Waals surface area contributed by atoms with Gasteiger partial charge in [0.15, 0.2) is 0 Å². The maximum atomic E-state index is 12.0. The van der Waals surface area contributed by atoms with Crippen LogP contribution in [0.25, 0.3) is 0 Å². The molecule has 0 spiro atoms. The average molecular weight is 260 g/mol. The van der Waals surface area contributed by atoms with Crippen LogP contribution in [0.4, 0.5) is 0 Å². The molecule has 1 fully saturated rings. The van der Waals surface area contributed by atoms with E-state index in [2.05, 4.69) is 10.6 Å². The molecule has 1 rings (SSSR count). The number of carbonyl (C=O) groups excluding carboxylic acids is 1. The van der Waals surface area contributed by atoms with Gasteiger partial charge in [-0.2, -0.15) is 11.8 Å². The van der Waals surface area contributed by atoms with E-state index in [0.29, 0.717) is 0 Å². The van der Waals surface area contributed by atoms with Crippen LogP contribution in [-0.4, -0.2) is 47.8 Å². The van der Waals surface area contributed by atoms with Crippen molar-refractivity contribution in [1.82, 2.24) is 10.6 Å². The monoisotopic (exact) mass is 260 g/mol. The highest BCUT2D eigenvalue weighted by molar-refractivity contribution is 7.99. The summed E-state index contributed by atoms with van der Waals surface area (Å²) in [7, 11) is 0. The fraction of sp³-hybridized carbons (Fsp3) is 0.917. The van der Waals surface area contributed by atoms with Crippen LogP contribution in [0.3, 0.4) is 0 Å². The third kappa shape index (κ3) is 4.85. The predicted molar refractivity (Wildman–Crippen MR) is 72.3 cm³/mol. The lowest BCUT2D eigenvalue weighted by Crippen LogP contribution is -2.50. The van der Waals surface area contributed by atoms with Crippen molar-refractivity contribution in [3.05, 3.63) is 0 Å². The maximum absolute atomic E-state index is 12.0. The van der Waals surface area contributed by atoms with E-state index in [1.165, 1.54) is 6.42 Å². The van der Waals surface area contributed by atoms with E-state index in [0.717, 1.165) is 25.8 Å². The quantitative estimate of drug-likeness (QED) is 0.682. The van der Waals surface area contributed by atoms with Gasteiger partial charge < -0.3 is 15.7 Å². The van der Waals surface area contributed by atoms with Crippen LogP contribution >= 0.6 is 11.8 Å². The van der Waals surface area contributed by atoms with Crippen molar-refractivity contribution in [2.75, 3.05) is 19.4 Å². The van der Waals surface area contributed by atoms with Crippen LogP contribution in [0.2, 0.25) is 0 Å². The van der Waals surface area contributed by atoms with Crippen molar-refractivity contribution < 1.29 is 9.90 Å². The molecule has 100 valence electrons. The van der Waals surface area contributed by atoms with Crippen LogP contribution in [0, 0.1) is 0 Å². The number of aliphatic hydroxyl groups is 1. The topological polar surface area (TPSA) is 61.4 Å². The molecule has 1 aliphatic heterocycles. The summed E-state index contributed by atoms with van der Waals surface area (Å²) in [6, 6.07) is -0.0475. The minimum Gasteiger partial charge on any atom is -0.395 e. The number of hydrogen-bond donors (Lipinski definition) is 3. The highest BCUT2D eigenvalue weighted by Gasteiger charge is 2.23. The highest BCUT2D eigenvalue weighted by Crippen LogP contribution is 2.12. The van der Waals surface area contributed by atoms with E-state index in [1.807, 2.05) is 13.2 Å². The zero-order chi connectivity index (χ0) is 12.7. The SMILES string of the molecule is CSC(CO)C(C)NC(=O)C1CCCCCN1. The van der Waals surface area contributed by atoms with Crippen LogP contribution in [0.15, 0.2) is 0 Å². The first kappa shape index (κ1) is 14.8. The van der Waals surface area contributed by atoms with Crippen LogP contribution in [0.5, 0.6) is 0 Å². The third-order valence-corrected chi connectivity index (χ3v) is 4.45. The molecule has 1 aliphatic rings. The van der Waals surface area contributed by atoms with Gasteiger partial charge in [0, 0.05) is 11.3 Å². The van der Waals surface area contributed by atoms with Crippen molar-refractivity contribution >= 4 is 17.7 Å². The van der Waals surface area contributed by atoms with E-state index in [1.54, 1.807) is 11.8 Å². The van der Waals surface area contributed by atoms with Crippen LogP contribution in [-0.2, 0) is 4.79 Å². The minimum atomic E-state index is -0.0545. The summed E-state index contributed by atoms with van der Waals surface area (Å²) in [5.74, 6) is 0.0758. The average Bonchev–Trinajstić information content (AvgIpc) is 2.59. The first-order valence-corrected chi connectivity index (χ1v) is 7.65. The lowest BCUT2D eigenvalue weighted by molar-refractivity contribution is -0.123. The van der Waals surface area contributed by atoms with Gasteiger partial charge in [0.25, 0.3) is 0 Å². The van der Waals surface area contributed by atoms with Gasteiger partial charge in [-0.1, -0.05) is 12.8 Å². The van der Waals surface area contributed by atoms with Gasteiger partial charge in [-0.25, -0.2) is 0 Å². The first-order valence-electron chi connectivity index (χ1n) is 6.36. The molecule has 0 radical (unpaired) electrons. The lowest BCUT2D eigenvalue weighted by atomic mass is 10.1. The Morgan fingerprint density at radius 2 is 2.29 bits per heavy atom. The van der Waals surface area contributed by atoms with E-state index >= 15 is 0 Å². The van der Waals surface area contributed by atoms with Gasteiger partial charge in [0.1, 0.15) is 0 Å². The van der Waals surface area contributed by atoms with Crippen molar-refractivity contribution in [3.63, 3.8) is 0 Å². The molecule has 1 saturated heterocycles. The van der Waals surface area contributed by atoms with Crippen LogP contribution < -0.4 is 10.6 Å². The van der Waals surface area contributed by atoms with Crippen molar-refractivity contribution in [2.45, 2.75) is 49.9 Å². The van der Waals surface area contributed by atoms with Gasteiger partial charge in [-0.05, 0) is 32.6 Å². The molecule has 3 atom stereocenters. The van der Waals surface area contributed by atoms with Crippen molar-refractivity contribution in [1.29, 1.82) is 0 Å². The standard InChI is InChI=1S/C12H24N2O2S/c1-9(11(8-15)17-2)14-12(16)10-6-4-3-5-7-13-10/h9-11,13,15H,3-8H2,1-2H3,(H,14,16). The Morgan fingerprint density at radius 1 is 1.53 bits per heavy atom. The number of aliphatic hydroxyl groups excluding tert-OH is 1. The van der Waals surface area contributed by atoms with E-state index in [9.17, 15) is 9.90 Å². The molecule has 3 unspecified atom stereocenters. The Kier molecular flexibility index (Phi) is 6.92. The molecule has 0 aromatic carbocycles. The molecular weight excluding hydrogens is 236 g/mol. The van der Waals surface area contributed by atoms with Gasteiger partial charge in [-0.3, -0.25) is 4.79 Å². The number of thioether (sulfide) groups is 1. The van der Waals surface area contributed by atoms with Gasteiger partial charge in [0.2, 0.25) is 5.91 Å². The smallest absolute Gasteiger partial charge is 0.237 e. The van der Waals surface area contributed by atoms with Crippen molar-refractivity contribution in [2.24, 2.45) is 0 Å². The second-order valence-corrected chi connectivity index (χ2v) is 5.69. The van der Waals surface area contributed by atoms with E-state index in [-0.39, 0.29) is 29.8 Å². The molecule has 0 aliphatic carbocycles. The van der Waals surface area contributed by atoms with E-state index < -0.39 is 0 Å². The van der Waals surface area contributed by atoms with Gasteiger partial charge >= 0.3 is 0 Å². The third-order valence-electron chi connectivity index (χ3n) is 3.29. The van der Waals surface area contributed by atoms with Crippen molar-refractivity contribution in [3.8, 4) is 0 Å². The molecule has 4 nitrogen and oxygen atoms in total. The first-order chi connectivity index (χ1) is 8.19. The molecular formula is C12H24N2O2S. The minimum absolute atomic E-state index is 0.00699. The fourth-order valence-corrected chi connectivity index (χ4v) is 2.73. The Labute approximate surface area is 108 Å². The van der Waals surface area contributed by atoms with Gasteiger partial charge in [0.05, 0.1) is 12.6 Å². The molecule has 1 amide bonds. The predicted octanol–water partition coefficient (Wildman–Crippen LogP) is 0.747. The number of rotatable bonds is 5. The molecule has 0 aromatic rings. The number of amides is 1. The Balaban J connectivity index is 2.41. The second kappa shape index (κ2) is 7.95. The zero-order valence-corrected chi connectivity index (χ0v) is 11.6. The number of hydrogen-bond acceptors (Lipinski definition) is 4. The molecule has 0 saturated carbocycles. The maximum Gasteiger partial charge on any atom is 0.237 e. The molecule has 1 heterocycles. The lowest BCUT2D eigenvalue weighted by Gasteiger charge is -2.24. The zero-order valence-electron chi connectivity index (χ0n) is 10.7. The second-order valence-electron chi connectivity index (χ2n) is 4.61. The summed E-state index contributed by atoms with van der Waals surface area (Å²) < 4.78 is 0. The molecule has 0 bridgehead atoms. The van der Waals surface area contributed by atoms with E-state index in [4.69, 9.17) is 0 Å².